The fourth-order valence-corrected chi connectivity index (χ4v) is 2.38. The number of hydrogen-bond acceptors (Lipinski definition) is 3. The molecule has 0 saturated carbocycles. The van der Waals surface area contributed by atoms with E-state index in [1.807, 2.05) is 12.1 Å². The Hall–Kier alpha value is -0.900. The number of aliphatic hydroxyl groups is 1. The first-order chi connectivity index (χ1) is 7.72. The number of ether oxygens (including phenoxy) is 1. The molecular weight excluding hydrogens is 202 g/mol. The molecule has 88 valence electrons. The SMILES string of the molecule is COCC(C)N[C@@H]1c2ccccc2C[C@@H]1O. The molecule has 0 heterocycles. The minimum atomic E-state index is -0.322. The average molecular weight is 221 g/mol. The van der Waals surface area contributed by atoms with E-state index in [0.717, 1.165) is 6.42 Å². The Balaban J connectivity index is 2.10. The number of benzene rings is 1. The largest absolute Gasteiger partial charge is 0.391 e. The quantitative estimate of drug-likeness (QED) is 0.804. The molecule has 2 N–H and O–H groups in total. The van der Waals surface area contributed by atoms with Gasteiger partial charge in [-0.15, -0.1) is 0 Å². The molecule has 2 rings (SSSR count). The zero-order valence-electron chi connectivity index (χ0n) is 9.81. The third-order valence-corrected chi connectivity index (χ3v) is 3.08. The number of nitrogens with one attached hydrogen (secondary N) is 1. The molecule has 1 aliphatic rings. The predicted octanol–water partition coefficient (Wildman–Crippen LogP) is 1.27. The topological polar surface area (TPSA) is 41.5 Å². The van der Waals surface area contributed by atoms with Crippen molar-refractivity contribution in [1.29, 1.82) is 0 Å². The number of fused-ring (bicyclic) bond motifs is 1. The van der Waals surface area contributed by atoms with E-state index in [4.69, 9.17) is 4.74 Å². The summed E-state index contributed by atoms with van der Waals surface area (Å²) < 4.78 is 5.09. The van der Waals surface area contributed by atoms with Gasteiger partial charge in [0.25, 0.3) is 0 Å². The maximum absolute atomic E-state index is 10.0. The maximum Gasteiger partial charge on any atom is 0.0775 e. The second-order valence-electron chi connectivity index (χ2n) is 4.47. The smallest absolute Gasteiger partial charge is 0.0775 e. The van der Waals surface area contributed by atoms with E-state index in [1.165, 1.54) is 11.1 Å². The van der Waals surface area contributed by atoms with Crippen molar-refractivity contribution in [3.8, 4) is 0 Å². The molecule has 0 aromatic heterocycles. The van der Waals surface area contributed by atoms with Gasteiger partial charge >= 0.3 is 0 Å². The Kier molecular flexibility index (Phi) is 3.59. The van der Waals surface area contributed by atoms with Crippen molar-refractivity contribution in [2.45, 2.75) is 31.5 Å². The molecule has 3 heteroatoms. The highest BCUT2D eigenvalue weighted by Crippen LogP contribution is 2.31. The Bertz CT molecular complexity index is 354. The fourth-order valence-electron chi connectivity index (χ4n) is 2.38. The summed E-state index contributed by atoms with van der Waals surface area (Å²) in [6.45, 7) is 2.72. The highest BCUT2D eigenvalue weighted by molar-refractivity contribution is 5.36. The first-order valence-electron chi connectivity index (χ1n) is 5.73. The zero-order chi connectivity index (χ0) is 11.5. The molecule has 0 amide bonds. The summed E-state index contributed by atoms with van der Waals surface area (Å²) in [5.41, 5.74) is 2.47. The summed E-state index contributed by atoms with van der Waals surface area (Å²) in [5.74, 6) is 0. The average Bonchev–Trinajstić information content (AvgIpc) is 2.56. The fraction of sp³-hybridized carbons (Fsp3) is 0.538. The van der Waals surface area contributed by atoms with E-state index in [0.29, 0.717) is 6.61 Å². The lowest BCUT2D eigenvalue weighted by molar-refractivity contribution is 0.115. The van der Waals surface area contributed by atoms with Crippen LogP contribution >= 0.6 is 0 Å². The lowest BCUT2D eigenvalue weighted by atomic mass is 10.1. The highest BCUT2D eigenvalue weighted by Gasteiger charge is 2.31. The second kappa shape index (κ2) is 4.95. The molecule has 16 heavy (non-hydrogen) atoms. The van der Waals surface area contributed by atoms with Crippen molar-refractivity contribution in [3.63, 3.8) is 0 Å². The molecule has 3 atom stereocenters. The van der Waals surface area contributed by atoms with Gasteiger partial charge in [0.15, 0.2) is 0 Å². The Morgan fingerprint density at radius 3 is 3.00 bits per heavy atom. The summed E-state index contributed by atoms with van der Waals surface area (Å²) in [7, 11) is 1.69. The van der Waals surface area contributed by atoms with E-state index in [9.17, 15) is 5.11 Å². The summed E-state index contributed by atoms with van der Waals surface area (Å²) in [4.78, 5) is 0. The molecule has 1 aliphatic carbocycles. The molecular formula is C13H19NO2. The third-order valence-electron chi connectivity index (χ3n) is 3.08. The van der Waals surface area contributed by atoms with Crippen molar-refractivity contribution in [3.05, 3.63) is 35.4 Å². The highest BCUT2D eigenvalue weighted by atomic mass is 16.5. The van der Waals surface area contributed by atoms with Crippen LogP contribution in [0.4, 0.5) is 0 Å². The van der Waals surface area contributed by atoms with Gasteiger partial charge in [-0.1, -0.05) is 24.3 Å². The monoisotopic (exact) mass is 221 g/mol. The second-order valence-corrected chi connectivity index (χ2v) is 4.47. The van der Waals surface area contributed by atoms with E-state index < -0.39 is 0 Å². The first-order valence-corrected chi connectivity index (χ1v) is 5.73. The van der Waals surface area contributed by atoms with Gasteiger partial charge in [-0.2, -0.15) is 0 Å². The van der Waals surface area contributed by atoms with Crippen LogP contribution < -0.4 is 5.32 Å². The van der Waals surface area contributed by atoms with E-state index in [2.05, 4.69) is 24.4 Å². The van der Waals surface area contributed by atoms with Crippen LogP contribution in [-0.2, 0) is 11.2 Å². The van der Waals surface area contributed by atoms with Crippen LogP contribution in [0.1, 0.15) is 24.1 Å². The van der Waals surface area contributed by atoms with Crippen molar-refractivity contribution >= 4 is 0 Å². The van der Waals surface area contributed by atoms with Crippen molar-refractivity contribution in [1.82, 2.24) is 5.32 Å². The molecule has 0 radical (unpaired) electrons. The molecule has 1 aromatic carbocycles. The summed E-state index contributed by atoms with van der Waals surface area (Å²) in [6, 6.07) is 8.50. The number of methoxy groups -OCH3 is 1. The van der Waals surface area contributed by atoms with Crippen LogP contribution in [0, 0.1) is 0 Å². The van der Waals surface area contributed by atoms with Crippen molar-refractivity contribution in [2.24, 2.45) is 0 Å². The minimum Gasteiger partial charge on any atom is -0.391 e. The van der Waals surface area contributed by atoms with E-state index in [1.54, 1.807) is 7.11 Å². The molecule has 1 unspecified atom stereocenters. The Labute approximate surface area is 96.4 Å². The van der Waals surface area contributed by atoms with Gasteiger partial charge in [0, 0.05) is 19.6 Å². The summed E-state index contributed by atoms with van der Waals surface area (Å²) >= 11 is 0. The summed E-state index contributed by atoms with van der Waals surface area (Å²) in [6.07, 6.45) is 0.421. The van der Waals surface area contributed by atoms with Gasteiger partial charge in [-0.25, -0.2) is 0 Å². The minimum absolute atomic E-state index is 0.0429. The standard InChI is InChI=1S/C13H19NO2/c1-9(8-16-2)14-13-11-6-4-3-5-10(11)7-12(13)15/h3-6,9,12-15H,7-8H2,1-2H3/t9?,12-,13+/m0/s1. The van der Waals surface area contributed by atoms with Gasteiger partial charge in [0.05, 0.1) is 18.8 Å². The molecule has 0 fully saturated rings. The zero-order valence-corrected chi connectivity index (χ0v) is 9.81. The third kappa shape index (κ3) is 2.26. The lowest BCUT2D eigenvalue weighted by Crippen LogP contribution is -2.37. The molecule has 0 spiro atoms. The molecule has 0 bridgehead atoms. The van der Waals surface area contributed by atoms with Crippen LogP contribution in [0.2, 0.25) is 0 Å². The van der Waals surface area contributed by atoms with Crippen molar-refractivity contribution in [2.75, 3.05) is 13.7 Å². The maximum atomic E-state index is 10.0. The van der Waals surface area contributed by atoms with Gasteiger partial charge in [-0.3, -0.25) is 0 Å². The van der Waals surface area contributed by atoms with E-state index in [-0.39, 0.29) is 18.2 Å². The van der Waals surface area contributed by atoms with Crippen LogP contribution in [0.25, 0.3) is 0 Å². The van der Waals surface area contributed by atoms with Gasteiger partial charge in [0.2, 0.25) is 0 Å². The Morgan fingerprint density at radius 1 is 1.50 bits per heavy atom. The van der Waals surface area contributed by atoms with Crippen LogP contribution in [0.15, 0.2) is 24.3 Å². The number of rotatable bonds is 4. The van der Waals surface area contributed by atoms with Crippen LogP contribution in [-0.4, -0.2) is 31.0 Å². The van der Waals surface area contributed by atoms with Gasteiger partial charge in [-0.05, 0) is 18.1 Å². The van der Waals surface area contributed by atoms with E-state index >= 15 is 0 Å². The molecule has 3 nitrogen and oxygen atoms in total. The number of hydrogen-bond donors (Lipinski definition) is 2. The molecule has 0 aliphatic heterocycles. The number of aliphatic hydroxyl groups excluding tert-OH is 1. The van der Waals surface area contributed by atoms with Gasteiger partial charge < -0.3 is 15.2 Å². The van der Waals surface area contributed by atoms with Gasteiger partial charge in [0.1, 0.15) is 0 Å². The first kappa shape index (κ1) is 11.6. The predicted molar refractivity (Wildman–Crippen MR) is 63.4 cm³/mol. The normalized spacial score (nSPS) is 25.4. The van der Waals surface area contributed by atoms with Crippen molar-refractivity contribution < 1.29 is 9.84 Å². The van der Waals surface area contributed by atoms with Crippen LogP contribution in [0.3, 0.4) is 0 Å². The lowest BCUT2D eigenvalue weighted by Gasteiger charge is -2.22. The van der Waals surface area contributed by atoms with Crippen LogP contribution in [0.5, 0.6) is 0 Å². The molecule has 0 saturated heterocycles. The molecule has 1 aromatic rings. The summed E-state index contributed by atoms with van der Waals surface area (Å²) in [5, 5.41) is 13.4. The Morgan fingerprint density at radius 2 is 2.25 bits per heavy atom.